The van der Waals surface area contributed by atoms with Gasteiger partial charge in [0, 0.05) is 18.1 Å². The first-order chi connectivity index (χ1) is 15.7. The topological polar surface area (TPSA) is 117 Å². The molecule has 1 heterocycles. The monoisotopic (exact) mass is 488 g/mol. The van der Waals surface area contributed by atoms with E-state index in [2.05, 4.69) is 11.2 Å². The zero-order valence-corrected chi connectivity index (χ0v) is 21.4. The van der Waals surface area contributed by atoms with Gasteiger partial charge in [-0.2, -0.15) is 5.11 Å². The van der Waals surface area contributed by atoms with Crippen LogP contribution >= 0.6 is 11.6 Å². The largest absolute Gasteiger partial charge is 0.507 e. The number of allylic oxidation sites excluding steroid dienone is 4. The number of hydrogen-bond donors (Lipinski definition) is 2. The number of aliphatic hydroxyl groups is 1. The van der Waals surface area contributed by atoms with Crippen LogP contribution in [0.15, 0.2) is 51.4 Å². The summed E-state index contributed by atoms with van der Waals surface area (Å²) >= 11 is 6.64. The van der Waals surface area contributed by atoms with Crippen LogP contribution in [0, 0.1) is 10.9 Å². The Hall–Kier alpha value is -2.38. The van der Waals surface area contributed by atoms with Gasteiger partial charge in [-0.1, -0.05) is 23.3 Å². The Morgan fingerprint density at radius 2 is 1.85 bits per heavy atom. The van der Waals surface area contributed by atoms with Crippen LogP contribution in [0.3, 0.4) is 0 Å². The minimum atomic E-state index is -1.64. The van der Waals surface area contributed by atoms with Crippen molar-refractivity contribution in [3.8, 4) is 0 Å². The Labute approximate surface area is 205 Å². The molecule has 0 aromatic carbocycles. The molecule has 0 saturated carbocycles. The van der Waals surface area contributed by atoms with Crippen LogP contribution in [0.25, 0.3) is 0 Å². The number of hydrogen-bond acceptors (Lipinski definition) is 7. The number of nitrogens with zero attached hydrogens (tertiary/aromatic N) is 1. The summed E-state index contributed by atoms with van der Waals surface area (Å²) in [6.45, 7) is 11.2. The molecular weight excluding hydrogens is 456 g/mol. The summed E-state index contributed by atoms with van der Waals surface area (Å²) in [5.41, 5.74) is 5.30. The first-order valence-electron chi connectivity index (χ1n) is 11.5. The normalized spacial score (nSPS) is 33.2. The fourth-order valence-corrected chi connectivity index (χ4v) is 5.49. The zero-order valence-electron chi connectivity index (χ0n) is 20.6. The molecule has 2 N–H and O–H groups in total. The molecule has 0 aromatic rings. The zero-order chi connectivity index (χ0) is 25.6. The molecule has 3 rings (SSSR count). The Morgan fingerprint density at radius 1 is 1.21 bits per heavy atom. The second kappa shape index (κ2) is 9.00. The van der Waals surface area contributed by atoms with Gasteiger partial charge in [0.15, 0.2) is 23.4 Å². The first-order valence-corrected chi connectivity index (χ1v) is 11.9. The van der Waals surface area contributed by atoms with Crippen molar-refractivity contribution in [2.45, 2.75) is 89.8 Å². The van der Waals surface area contributed by atoms with E-state index < -0.39 is 51.1 Å². The number of rotatable bonds is 6. The van der Waals surface area contributed by atoms with Crippen molar-refractivity contribution in [2.75, 3.05) is 0 Å². The molecule has 34 heavy (non-hydrogen) atoms. The average Bonchev–Trinajstić information content (AvgIpc) is 2.73. The lowest BCUT2D eigenvalue weighted by Gasteiger charge is -2.58. The third-order valence-corrected chi connectivity index (χ3v) is 8.00. The average molecular weight is 489 g/mol. The van der Waals surface area contributed by atoms with Gasteiger partial charge in [0.05, 0.1) is 22.0 Å². The number of ketones is 3. The molecule has 1 aliphatic heterocycles. The van der Waals surface area contributed by atoms with E-state index in [-0.39, 0.29) is 24.0 Å². The van der Waals surface area contributed by atoms with Crippen LogP contribution in [-0.4, -0.2) is 45.1 Å². The summed E-state index contributed by atoms with van der Waals surface area (Å²) in [7, 11) is 0. The van der Waals surface area contributed by atoms with Gasteiger partial charge in [-0.3, -0.25) is 14.4 Å². The van der Waals surface area contributed by atoms with Crippen LogP contribution in [-0.2, 0) is 19.1 Å². The molecule has 0 spiro atoms. The maximum Gasteiger partial charge on any atom is 0.195 e. The minimum absolute atomic E-state index is 0.0991. The molecule has 2 aliphatic carbocycles. The summed E-state index contributed by atoms with van der Waals surface area (Å²) in [6, 6.07) is -1.48. The number of nitrogens with one attached hydrogen (secondary N) is 1. The summed E-state index contributed by atoms with van der Waals surface area (Å²) in [5, 5.41) is 13.3. The molecule has 0 aromatic heterocycles. The molecule has 7 nitrogen and oxygen atoms in total. The second-order valence-electron chi connectivity index (χ2n) is 10.5. The van der Waals surface area contributed by atoms with Gasteiger partial charge in [-0.15, -0.1) is 11.6 Å². The van der Waals surface area contributed by atoms with E-state index in [0.717, 1.165) is 24.5 Å². The number of carbonyl (C=O) groups is 3. The van der Waals surface area contributed by atoms with Crippen molar-refractivity contribution in [3.63, 3.8) is 0 Å². The summed E-state index contributed by atoms with van der Waals surface area (Å²) in [5.74, 6) is -2.40. The Morgan fingerprint density at radius 3 is 2.44 bits per heavy atom. The van der Waals surface area contributed by atoms with Crippen molar-refractivity contribution >= 4 is 29.0 Å². The van der Waals surface area contributed by atoms with Crippen LogP contribution in [0.4, 0.5) is 0 Å². The van der Waals surface area contributed by atoms with E-state index in [4.69, 9.17) is 21.9 Å². The number of Topliss-reactive ketones (excluding diaryl/α,β-unsaturated/α-hetero) is 2. The predicted molar refractivity (Wildman–Crippen MR) is 129 cm³/mol. The molecule has 0 bridgehead atoms. The third-order valence-electron chi connectivity index (χ3n) is 7.32. The maximum absolute atomic E-state index is 14.2. The highest BCUT2D eigenvalue weighted by atomic mass is 35.5. The van der Waals surface area contributed by atoms with Gasteiger partial charge in [-0.05, 0) is 60.8 Å². The number of halogens is 1. The first kappa shape index (κ1) is 26.2. The van der Waals surface area contributed by atoms with Crippen molar-refractivity contribution < 1.29 is 24.2 Å². The van der Waals surface area contributed by atoms with Gasteiger partial charge < -0.3 is 9.84 Å². The lowest BCUT2D eigenvalue weighted by molar-refractivity contribution is -0.223. The fourth-order valence-electron chi connectivity index (χ4n) is 5.14. The lowest BCUT2D eigenvalue weighted by atomic mass is 9.54. The number of alkyl halides is 1. The SMILES string of the molecule is CC(C)=CCCC(C)=CCC12OC(C)(C)C(Cl)CC1(C)C(=O)C1=C(C2=O)C(N=N)C(=O)C=C1O. The third kappa shape index (κ3) is 4.03. The maximum atomic E-state index is 14.2. The Balaban J connectivity index is 2.19. The number of carbonyl (C=O) groups excluding carboxylic acids is 3. The van der Waals surface area contributed by atoms with Crippen molar-refractivity contribution in [1.29, 1.82) is 5.53 Å². The van der Waals surface area contributed by atoms with E-state index in [1.165, 1.54) is 5.57 Å². The lowest BCUT2D eigenvalue weighted by Crippen LogP contribution is -2.70. The van der Waals surface area contributed by atoms with E-state index in [9.17, 15) is 19.5 Å². The van der Waals surface area contributed by atoms with E-state index in [1.54, 1.807) is 20.8 Å². The Kier molecular flexibility index (Phi) is 6.95. The summed E-state index contributed by atoms with van der Waals surface area (Å²) in [6.07, 6.45) is 6.78. The fraction of sp³-hybridized carbons (Fsp3) is 0.577. The van der Waals surface area contributed by atoms with Crippen LogP contribution in [0.2, 0.25) is 0 Å². The van der Waals surface area contributed by atoms with Crippen LogP contribution in [0.5, 0.6) is 0 Å². The predicted octanol–water partition coefficient (Wildman–Crippen LogP) is 5.49. The molecule has 4 unspecified atom stereocenters. The van der Waals surface area contributed by atoms with Gasteiger partial charge in [0.2, 0.25) is 0 Å². The number of ether oxygens (including phenoxy) is 1. The van der Waals surface area contributed by atoms with E-state index in [1.807, 2.05) is 26.8 Å². The smallest absolute Gasteiger partial charge is 0.195 e. The highest BCUT2D eigenvalue weighted by Gasteiger charge is 2.69. The van der Waals surface area contributed by atoms with Crippen molar-refractivity contribution in [2.24, 2.45) is 10.5 Å². The highest BCUT2D eigenvalue weighted by Crippen LogP contribution is 2.58. The second-order valence-corrected chi connectivity index (χ2v) is 11.0. The molecule has 8 heteroatoms. The summed E-state index contributed by atoms with van der Waals surface area (Å²) in [4.78, 5) is 40.6. The van der Waals surface area contributed by atoms with Gasteiger partial charge in [-0.25, -0.2) is 5.53 Å². The number of aliphatic hydroxyl groups excluding tert-OH is 1. The Bertz CT molecular complexity index is 1080. The molecule has 1 fully saturated rings. The van der Waals surface area contributed by atoms with Gasteiger partial charge >= 0.3 is 0 Å². The quantitative estimate of drug-likeness (QED) is 0.291. The van der Waals surface area contributed by atoms with Crippen molar-refractivity contribution in [3.05, 3.63) is 46.3 Å². The molecule has 184 valence electrons. The van der Waals surface area contributed by atoms with Crippen molar-refractivity contribution in [1.82, 2.24) is 0 Å². The molecule has 4 atom stereocenters. The van der Waals surface area contributed by atoms with Crippen LogP contribution < -0.4 is 0 Å². The molecule has 0 amide bonds. The highest BCUT2D eigenvalue weighted by molar-refractivity contribution is 6.27. The van der Waals surface area contributed by atoms with E-state index in [0.29, 0.717) is 0 Å². The standard InChI is InChI=1S/C26H33ClN2O5/c1-14(2)8-7-9-15(3)10-11-26-23(33)20-19(16(30)12-17(31)21(20)29-28)22(32)25(26,6)13-18(27)24(4,5)34-26/h8,10,12,18,21,28,30H,7,9,11,13H2,1-6H3. The van der Waals surface area contributed by atoms with Gasteiger partial charge in [0.25, 0.3) is 0 Å². The molecule has 0 radical (unpaired) electrons. The van der Waals surface area contributed by atoms with E-state index >= 15 is 0 Å². The molecular formula is C26H33ClN2O5. The minimum Gasteiger partial charge on any atom is -0.507 e. The van der Waals surface area contributed by atoms with Gasteiger partial charge in [0.1, 0.15) is 11.4 Å². The molecule has 3 aliphatic rings. The van der Waals surface area contributed by atoms with Crippen LogP contribution in [0.1, 0.15) is 67.2 Å². The number of fused-ring (bicyclic) bond motifs is 1. The summed E-state index contributed by atoms with van der Waals surface area (Å²) < 4.78 is 6.46. The molecule has 1 saturated heterocycles.